The zero-order valence-corrected chi connectivity index (χ0v) is 20.8. The maximum absolute atomic E-state index is 13.7. The average Bonchev–Trinajstić information content (AvgIpc) is 3.12. The van der Waals surface area contributed by atoms with Gasteiger partial charge in [0.1, 0.15) is 5.75 Å². The van der Waals surface area contributed by atoms with E-state index < -0.39 is 0 Å². The molecule has 0 saturated heterocycles. The van der Waals surface area contributed by atoms with Gasteiger partial charge in [0.25, 0.3) is 0 Å². The molecule has 180 valence electrons. The number of fused-ring (bicyclic) bond motifs is 5. The van der Waals surface area contributed by atoms with E-state index in [0.717, 1.165) is 49.0 Å². The summed E-state index contributed by atoms with van der Waals surface area (Å²) in [5.74, 6) is 4.45. The molecule has 0 spiro atoms. The Morgan fingerprint density at radius 3 is 2.32 bits per heavy atom. The summed E-state index contributed by atoms with van der Waals surface area (Å²) in [5.41, 5.74) is 4.42. The van der Waals surface area contributed by atoms with Crippen LogP contribution in [0.5, 0.6) is 23.0 Å². The van der Waals surface area contributed by atoms with Crippen molar-refractivity contribution in [3.8, 4) is 23.0 Å². The second kappa shape index (κ2) is 8.68. The topological polar surface area (TPSA) is 54.0 Å². The number of carbonyl (C=O) groups is 1. The van der Waals surface area contributed by atoms with Crippen LogP contribution in [0, 0.1) is 17.3 Å². The smallest absolute Gasteiger partial charge is 0.203 e. The lowest BCUT2D eigenvalue weighted by Gasteiger charge is -2.48. The summed E-state index contributed by atoms with van der Waals surface area (Å²) in [6.45, 7) is 2.20. The van der Waals surface area contributed by atoms with Crippen LogP contribution >= 0.6 is 0 Å². The summed E-state index contributed by atoms with van der Waals surface area (Å²) in [4.78, 5) is 13.7. The van der Waals surface area contributed by atoms with Crippen molar-refractivity contribution in [2.24, 2.45) is 17.3 Å². The predicted octanol–water partition coefficient (Wildman–Crippen LogP) is 5.84. The molecular formula is C29H34O5. The van der Waals surface area contributed by atoms with Crippen LogP contribution < -0.4 is 18.9 Å². The van der Waals surface area contributed by atoms with Crippen molar-refractivity contribution in [1.82, 2.24) is 0 Å². The molecule has 0 aromatic heterocycles. The second-order valence-corrected chi connectivity index (χ2v) is 10.1. The van der Waals surface area contributed by atoms with Crippen LogP contribution in [-0.2, 0) is 11.2 Å². The Morgan fingerprint density at radius 2 is 1.68 bits per heavy atom. The number of rotatable bonds is 5. The van der Waals surface area contributed by atoms with Crippen LogP contribution in [0.1, 0.15) is 55.2 Å². The Bertz CT molecular complexity index is 1120. The van der Waals surface area contributed by atoms with Crippen molar-refractivity contribution in [3.05, 3.63) is 52.6 Å². The fraction of sp³-hybridized carbons (Fsp3) is 0.483. The molecule has 5 nitrogen and oxygen atoms in total. The van der Waals surface area contributed by atoms with Crippen LogP contribution in [-0.4, -0.2) is 34.2 Å². The summed E-state index contributed by atoms with van der Waals surface area (Å²) in [7, 11) is 6.55. The van der Waals surface area contributed by atoms with E-state index in [0.29, 0.717) is 40.8 Å². The Labute approximate surface area is 202 Å². The number of benzene rings is 2. The average molecular weight is 463 g/mol. The third kappa shape index (κ3) is 3.48. The van der Waals surface area contributed by atoms with E-state index in [1.807, 2.05) is 18.2 Å². The van der Waals surface area contributed by atoms with E-state index in [1.54, 1.807) is 28.4 Å². The van der Waals surface area contributed by atoms with Crippen molar-refractivity contribution in [2.75, 3.05) is 28.4 Å². The van der Waals surface area contributed by atoms with Crippen molar-refractivity contribution < 1.29 is 23.7 Å². The fourth-order valence-corrected chi connectivity index (χ4v) is 6.87. The van der Waals surface area contributed by atoms with Gasteiger partial charge in [0.2, 0.25) is 5.75 Å². The van der Waals surface area contributed by atoms with Crippen LogP contribution in [0.4, 0.5) is 0 Å². The minimum atomic E-state index is -0.280. The van der Waals surface area contributed by atoms with E-state index in [4.69, 9.17) is 18.9 Å². The first-order chi connectivity index (χ1) is 16.4. The molecule has 0 amide bonds. The molecule has 2 fully saturated rings. The van der Waals surface area contributed by atoms with Crippen molar-refractivity contribution in [1.29, 1.82) is 0 Å². The molecule has 0 heterocycles. The first-order valence-electron chi connectivity index (χ1n) is 12.2. The van der Waals surface area contributed by atoms with Gasteiger partial charge in [0, 0.05) is 5.41 Å². The number of hydrogen-bond acceptors (Lipinski definition) is 5. The molecule has 3 aliphatic rings. The molecule has 4 atom stereocenters. The normalized spacial score (nSPS) is 28.7. The zero-order valence-electron chi connectivity index (χ0n) is 20.8. The van der Waals surface area contributed by atoms with Gasteiger partial charge in [-0.1, -0.05) is 13.0 Å². The van der Waals surface area contributed by atoms with E-state index >= 15 is 0 Å². The minimum Gasteiger partial charge on any atom is -0.497 e. The second-order valence-electron chi connectivity index (χ2n) is 10.1. The standard InChI is InChI=1S/C29H34O5/c1-29-11-10-22-21-9-7-20(31-2)15-18(21)6-8-23(22)24(29)16-19(28(29)30)12-17-13-25(32-3)27(34-5)26(14-17)33-4/h7,9,12-15,22-24H,6,8,10-11,16H2,1-5H3/b19-12+/t22-,23-,24+,29+/m1/s1. The molecule has 2 aromatic rings. The molecule has 0 radical (unpaired) electrons. The first-order valence-corrected chi connectivity index (χ1v) is 12.2. The van der Waals surface area contributed by atoms with Crippen molar-refractivity contribution >= 4 is 11.9 Å². The third-order valence-corrected chi connectivity index (χ3v) is 8.60. The molecule has 0 aliphatic heterocycles. The predicted molar refractivity (Wildman–Crippen MR) is 132 cm³/mol. The highest BCUT2D eigenvalue weighted by molar-refractivity contribution is 6.06. The van der Waals surface area contributed by atoms with E-state index in [1.165, 1.54) is 11.1 Å². The SMILES string of the molecule is COc1ccc2c(c1)CC[C@@H]1[C@@H]2CC[C@]2(C)C(=O)/C(=C/c3cc(OC)c(OC)c(OC)c3)C[C@@H]12. The fourth-order valence-electron chi connectivity index (χ4n) is 6.87. The van der Waals surface area contributed by atoms with Gasteiger partial charge in [-0.05, 0) is 102 Å². The summed E-state index contributed by atoms with van der Waals surface area (Å²) < 4.78 is 21.9. The van der Waals surface area contributed by atoms with Gasteiger partial charge < -0.3 is 18.9 Å². The first kappa shape index (κ1) is 22.8. The minimum absolute atomic E-state index is 0.280. The number of allylic oxidation sites excluding steroid dienone is 1. The lowest BCUT2D eigenvalue weighted by atomic mass is 9.55. The molecular weight excluding hydrogens is 428 g/mol. The van der Waals surface area contributed by atoms with Gasteiger partial charge in [-0.15, -0.1) is 0 Å². The van der Waals surface area contributed by atoms with Crippen molar-refractivity contribution in [2.45, 2.75) is 44.9 Å². The summed E-state index contributed by atoms with van der Waals surface area (Å²) in [6, 6.07) is 10.4. The number of carbonyl (C=O) groups excluding carboxylic acids is 1. The summed E-state index contributed by atoms with van der Waals surface area (Å²) >= 11 is 0. The lowest BCUT2D eigenvalue weighted by Crippen LogP contribution is -2.42. The van der Waals surface area contributed by atoms with Gasteiger partial charge in [-0.2, -0.15) is 0 Å². The maximum Gasteiger partial charge on any atom is 0.203 e. The largest absolute Gasteiger partial charge is 0.497 e. The molecule has 2 aromatic carbocycles. The molecule has 0 bridgehead atoms. The van der Waals surface area contributed by atoms with Gasteiger partial charge in [-0.3, -0.25) is 4.79 Å². The van der Waals surface area contributed by atoms with Gasteiger partial charge >= 0.3 is 0 Å². The molecule has 5 rings (SSSR count). The number of Topliss-reactive ketones (excluding diaryl/α,β-unsaturated/α-hetero) is 1. The molecule has 0 unspecified atom stereocenters. The third-order valence-electron chi connectivity index (χ3n) is 8.60. The Hall–Kier alpha value is -2.95. The number of ketones is 1. The highest BCUT2D eigenvalue weighted by Crippen LogP contribution is 2.61. The molecule has 0 N–H and O–H groups in total. The van der Waals surface area contributed by atoms with E-state index in [2.05, 4.69) is 25.1 Å². The van der Waals surface area contributed by atoms with Gasteiger partial charge in [-0.25, -0.2) is 0 Å². The molecule has 5 heteroatoms. The van der Waals surface area contributed by atoms with Gasteiger partial charge in [0.15, 0.2) is 17.3 Å². The quantitative estimate of drug-likeness (QED) is 0.523. The number of aryl methyl sites for hydroxylation is 1. The van der Waals surface area contributed by atoms with Crippen LogP contribution in [0.15, 0.2) is 35.9 Å². The van der Waals surface area contributed by atoms with Crippen LogP contribution in [0.3, 0.4) is 0 Å². The van der Waals surface area contributed by atoms with Crippen LogP contribution in [0.25, 0.3) is 6.08 Å². The van der Waals surface area contributed by atoms with E-state index in [-0.39, 0.29) is 5.41 Å². The lowest BCUT2D eigenvalue weighted by molar-refractivity contribution is -0.127. The summed E-state index contributed by atoms with van der Waals surface area (Å²) in [6.07, 6.45) is 7.07. The van der Waals surface area contributed by atoms with E-state index in [9.17, 15) is 4.79 Å². The van der Waals surface area contributed by atoms with Gasteiger partial charge in [0.05, 0.1) is 28.4 Å². The Morgan fingerprint density at radius 1 is 0.941 bits per heavy atom. The highest BCUT2D eigenvalue weighted by atomic mass is 16.5. The highest BCUT2D eigenvalue weighted by Gasteiger charge is 2.56. The number of ether oxygens (including phenoxy) is 4. The van der Waals surface area contributed by atoms with Crippen LogP contribution in [0.2, 0.25) is 0 Å². The summed E-state index contributed by atoms with van der Waals surface area (Å²) in [5, 5.41) is 0. The Kier molecular flexibility index (Phi) is 5.83. The zero-order chi connectivity index (χ0) is 24.0. The van der Waals surface area contributed by atoms with Crippen molar-refractivity contribution in [3.63, 3.8) is 0 Å². The Balaban J connectivity index is 1.48. The molecule has 3 aliphatic carbocycles. The number of hydrogen-bond donors (Lipinski definition) is 0. The number of methoxy groups -OCH3 is 4. The monoisotopic (exact) mass is 462 g/mol. The molecule has 2 saturated carbocycles. The molecule has 34 heavy (non-hydrogen) atoms. The maximum atomic E-state index is 13.7.